The van der Waals surface area contributed by atoms with E-state index < -0.39 is 7.82 Å². The van der Waals surface area contributed by atoms with Gasteiger partial charge in [-0.15, -0.1) is 0 Å². The van der Waals surface area contributed by atoms with Gasteiger partial charge in [-0.25, -0.2) is 0 Å². The molecule has 84 valence electrons. The first-order valence-corrected chi connectivity index (χ1v) is 6.26. The van der Waals surface area contributed by atoms with Crippen LogP contribution in [0.15, 0.2) is 18.2 Å². The summed E-state index contributed by atoms with van der Waals surface area (Å²) in [6, 6.07) is 4.20. The van der Waals surface area contributed by atoms with E-state index in [2.05, 4.69) is 9.05 Å². The summed E-state index contributed by atoms with van der Waals surface area (Å²) in [6.07, 6.45) is 0. The van der Waals surface area contributed by atoms with Crippen molar-refractivity contribution in [2.75, 3.05) is 6.61 Å². The summed E-state index contributed by atoms with van der Waals surface area (Å²) >= 11 is 11.3. The zero-order valence-electron chi connectivity index (χ0n) is 8.78. The van der Waals surface area contributed by atoms with Gasteiger partial charge in [0, 0.05) is 5.02 Å². The molecule has 0 spiro atoms. The molecule has 0 aromatic heterocycles. The van der Waals surface area contributed by atoms with Crippen LogP contribution in [0.4, 0.5) is 0 Å². The Kier molecular flexibility index (Phi) is 7.58. The molecule has 0 aliphatic heterocycles. The molecule has 1 aromatic rings. The van der Waals surface area contributed by atoms with Gasteiger partial charge >= 0.3 is 37.4 Å². The second-order valence-corrected chi connectivity index (χ2v) is 4.71. The first kappa shape index (κ1) is 16.8. The van der Waals surface area contributed by atoms with Crippen molar-refractivity contribution in [2.45, 2.75) is 6.92 Å². The van der Waals surface area contributed by atoms with Crippen LogP contribution in [-0.2, 0) is 9.09 Å². The third kappa shape index (κ3) is 5.39. The Hall–Kier alpha value is 0.750. The zero-order chi connectivity index (χ0) is 11.5. The Morgan fingerprint density at radius 2 is 2.06 bits per heavy atom. The van der Waals surface area contributed by atoms with Gasteiger partial charge in [-0.05, 0) is 25.1 Å². The van der Waals surface area contributed by atoms with E-state index in [1.54, 1.807) is 0 Å². The van der Waals surface area contributed by atoms with E-state index in [1.165, 1.54) is 25.1 Å². The third-order valence-electron chi connectivity index (χ3n) is 1.39. The van der Waals surface area contributed by atoms with Crippen LogP contribution in [0.3, 0.4) is 0 Å². The molecule has 0 aliphatic rings. The molecule has 0 aliphatic carbocycles. The monoisotopic (exact) mass is 292 g/mol. The molecule has 0 amide bonds. The van der Waals surface area contributed by atoms with Crippen LogP contribution in [-0.4, -0.2) is 6.61 Å². The molecule has 0 saturated heterocycles. The van der Waals surface area contributed by atoms with Crippen molar-refractivity contribution in [3.05, 3.63) is 28.2 Å². The number of hydrogen-bond acceptors (Lipinski definition) is 4. The standard InChI is InChI=1S/C8H9Cl2O4P.Na/c1-2-13-15(11,12)14-8-4-3-6(9)5-7(8)10;/h3-5H,2H2,1H3,(H,11,12);/q;+1/p-1. The van der Waals surface area contributed by atoms with Crippen molar-refractivity contribution in [1.29, 1.82) is 0 Å². The van der Waals surface area contributed by atoms with E-state index in [1.807, 2.05) is 0 Å². The molecule has 1 unspecified atom stereocenters. The van der Waals surface area contributed by atoms with Crippen LogP contribution in [0.1, 0.15) is 6.92 Å². The summed E-state index contributed by atoms with van der Waals surface area (Å²) in [6.45, 7) is 1.55. The second-order valence-electron chi connectivity index (χ2n) is 2.53. The Labute approximate surface area is 126 Å². The van der Waals surface area contributed by atoms with Gasteiger partial charge in [0.15, 0.2) is 0 Å². The van der Waals surface area contributed by atoms with Crippen LogP contribution in [0.5, 0.6) is 5.75 Å². The molecule has 0 heterocycles. The summed E-state index contributed by atoms with van der Waals surface area (Å²) in [5.41, 5.74) is 0. The van der Waals surface area contributed by atoms with Gasteiger partial charge in [-0.1, -0.05) is 23.2 Å². The summed E-state index contributed by atoms with van der Waals surface area (Å²) in [5, 5.41) is 0.503. The summed E-state index contributed by atoms with van der Waals surface area (Å²) < 4.78 is 20.1. The fourth-order valence-electron chi connectivity index (χ4n) is 0.854. The number of hydrogen-bond donors (Lipinski definition) is 0. The molecule has 1 rings (SSSR count). The topological polar surface area (TPSA) is 58.6 Å². The van der Waals surface area contributed by atoms with Crippen molar-refractivity contribution in [2.24, 2.45) is 0 Å². The minimum atomic E-state index is -4.33. The third-order valence-corrected chi connectivity index (χ3v) is 2.92. The molecule has 0 bridgehead atoms. The molecule has 4 nitrogen and oxygen atoms in total. The zero-order valence-corrected chi connectivity index (χ0v) is 13.2. The number of halogens is 2. The first-order chi connectivity index (χ1) is 6.94. The largest absolute Gasteiger partial charge is 1.00 e. The maximum atomic E-state index is 11.1. The van der Waals surface area contributed by atoms with E-state index in [9.17, 15) is 9.46 Å². The summed E-state index contributed by atoms with van der Waals surface area (Å²) in [7, 11) is -4.33. The first-order valence-electron chi connectivity index (χ1n) is 4.05. The maximum absolute atomic E-state index is 11.1. The van der Waals surface area contributed by atoms with Gasteiger partial charge in [0.05, 0.1) is 11.6 Å². The molecular formula is C8H8Cl2NaO4P. The van der Waals surface area contributed by atoms with Crippen molar-refractivity contribution in [3.63, 3.8) is 0 Å². The fraction of sp³-hybridized carbons (Fsp3) is 0.250. The van der Waals surface area contributed by atoms with Gasteiger partial charge in [0.1, 0.15) is 5.75 Å². The summed E-state index contributed by atoms with van der Waals surface area (Å²) in [4.78, 5) is 11.1. The van der Waals surface area contributed by atoms with E-state index in [0.717, 1.165) is 0 Å². The maximum Gasteiger partial charge on any atom is 1.00 e. The predicted octanol–water partition coefficient (Wildman–Crippen LogP) is -0.119. The quantitative estimate of drug-likeness (QED) is 0.574. The van der Waals surface area contributed by atoms with Crippen molar-refractivity contribution in [3.8, 4) is 5.75 Å². The van der Waals surface area contributed by atoms with Crippen LogP contribution in [0.2, 0.25) is 10.0 Å². The van der Waals surface area contributed by atoms with Crippen molar-refractivity contribution < 1.29 is 48.1 Å². The van der Waals surface area contributed by atoms with E-state index >= 15 is 0 Å². The van der Waals surface area contributed by atoms with Gasteiger partial charge in [0.25, 0.3) is 0 Å². The molecular weight excluding hydrogens is 285 g/mol. The molecule has 0 radical (unpaired) electrons. The van der Waals surface area contributed by atoms with E-state index in [4.69, 9.17) is 23.2 Å². The van der Waals surface area contributed by atoms with Gasteiger partial charge < -0.3 is 13.9 Å². The minimum absolute atomic E-state index is 0. The SMILES string of the molecule is CCOP(=O)([O-])Oc1ccc(Cl)cc1Cl.[Na+]. The average molecular weight is 293 g/mol. The Balaban J connectivity index is 0.00000225. The van der Waals surface area contributed by atoms with Crippen LogP contribution < -0.4 is 39.0 Å². The van der Waals surface area contributed by atoms with Crippen molar-refractivity contribution >= 4 is 31.0 Å². The van der Waals surface area contributed by atoms with Gasteiger partial charge in [-0.2, -0.15) is 0 Å². The van der Waals surface area contributed by atoms with Crippen molar-refractivity contribution in [1.82, 2.24) is 0 Å². The second kappa shape index (κ2) is 7.24. The minimum Gasteiger partial charge on any atom is -0.746 e. The number of rotatable bonds is 4. The Morgan fingerprint density at radius 1 is 1.44 bits per heavy atom. The smallest absolute Gasteiger partial charge is 0.746 e. The summed E-state index contributed by atoms with van der Waals surface area (Å²) in [5.74, 6) is -0.00662. The number of phosphoric ester groups is 1. The molecule has 1 atom stereocenters. The van der Waals surface area contributed by atoms with Gasteiger partial charge in [-0.3, -0.25) is 4.57 Å². The molecule has 0 fully saturated rings. The normalized spacial score (nSPS) is 13.8. The average Bonchev–Trinajstić information content (AvgIpc) is 2.09. The predicted molar refractivity (Wildman–Crippen MR) is 56.3 cm³/mol. The van der Waals surface area contributed by atoms with E-state index in [-0.39, 0.29) is 46.9 Å². The van der Waals surface area contributed by atoms with Crippen LogP contribution in [0.25, 0.3) is 0 Å². The molecule has 8 heteroatoms. The Bertz CT molecular complexity index is 402. The van der Waals surface area contributed by atoms with Crippen LogP contribution >= 0.6 is 31.0 Å². The Morgan fingerprint density at radius 3 is 2.56 bits per heavy atom. The number of benzene rings is 1. The van der Waals surface area contributed by atoms with E-state index in [0.29, 0.717) is 5.02 Å². The van der Waals surface area contributed by atoms with Gasteiger partial charge in [0.2, 0.25) is 0 Å². The molecule has 0 saturated carbocycles. The molecule has 0 N–H and O–H groups in total. The molecule has 16 heavy (non-hydrogen) atoms. The van der Waals surface area contributed by atoms with Crippen LogP contribution in [0, 0.1) is 0 Å². The molecule has 1 aromatic carbocycles. The fourth-order valence-corrected chi connectivity index (χ4v) is 2.12. The number of phosphoric acid groups is 1.